The van der Waals surface area contributed by atoms with Gasteiger partial charge in [-0.3, -0.25) is 10.2 Å². The van der Waals surface area contributed by atoms with Crippen molar-refractivity contribution in [2.75, 3.05) is 6.61 Å². The topological polar surface area (TPSA) is 79.5 Å². The van der Waals surface area contributed by atoms with Crippen molar-refractivity contribution in [3.63, 3.8) is 0 Å². The van der Waals surface area contributed by atoms with Gasteiger partial charge in [-0.15, -0.1) is 0 Å². The van der Waals surface area contributed by atoms with Gasteiger partial charge < -0.3 is 4.74 Å². The van der Waals surface area contributed by atoms with Gasteiger partial charge in [0, 0.05) is 29.4 Å². The summed E-state index contributed by atoms with van der Waals surface area (Å²) < 4.78 is 5.71. The second kappa shape index (κ2) is 6.23. The molecule has 5 rings (SSSR count). The van der Waals surface area contributed by atoms with Crippen LogP contribution in [0.3, 0.4) is 0 Å². The van der Waals surface area contributed by atoms with Gasteiger partial charge >= 0.3 is 0 Å². The van der Waals surface area contributed by atoms with Gasteiger partial charge in [0.25, 0.3) is 0 Å². The van der Waals surface area contributed by atoms with Crippen molar-refractivity contribution in [2.24, 2.45) is 5.92 Å². The number of aromatic nitrogens is 5. The first-order chi connectivity index (χ1) is 13.2. The monoisotopic (exact) mass is 359 g/mol. The zero-order valence-corrected chi connectivity index (χ0v) is 15.4. The lowest BCUT2D eigenvalue weighted by molar-refractivity contribution is 0.357. The van der Waals surface area contributed by atoms with Crippen LogP contribution in [0.15, 0.2) is 36.4 Å². The number of nitrogens with one attached hydrogen (secondary N) is 2. The zero-order valence-electron chi connectivity index (χ0n) is 15.4. The largest absolute Gasteiger partial charge is 0.493 e. The third-order valence-electron chi connectivity index (χ3n) is 4.92. The van der Waals surface area contributed by atoms with E-state index in [1.54, 1.807) is 0 Å². The van der Waals surface area contributed by atoms with Crippen molar-refractivity contribution < 1.29 is 4.74 Å². The number of hydrogen-bond acceptors (Lipinski definition) is 4. The Bertz CT molecular complexity index is 1120. The summed E-state index contributed by atoms with van der Waals surface area (Å²) in [5, 5.41) is 16.2. The Morgan fingerprint density at radius 1 is 1.04 bits per heavy atom. The Morgan fingerprint density at radius 3 is 2.81 bits per heavy atom. The van der Waals surface area contributed by atoms with Gasteiger partial charge in [-0.05, 0) is 35.7 Å². The molecule has 0 saturated carbocycles. The molecule has 2 aromatic heterocycles. The molecule has 2 aromatic carbocycles. The van der Waals surface area contributed by atoms with Crippen LogP contribution in [0.25, 0.3) is 33.5 Å². The summed E-state index contributed by atoms with van der Waals surface area (Å²) in [4.78, 5) is 4.64. The Labute approximate surface area is 157 Å². The van der Waals surface area contributed by atoms with Crippen molar-refractivity contribution in [3.05, 3.63) is 47.8 Å². The quantitative estimate of drug-likeness (QED) is 0.574. The van der Waals surface area contributed by atoms with E-state index in [2.05, 4.69) is 63.5 Å². The summed E-state index contributed by atoms with van der Waals surface area (Å²) >= 11 is 0. The molecule has 3 heterocycles. The van der Waals surface area contributed by atoms with E-state index in [0.29, 0.717) is 5.92 Å². The molecule has 2 N–H and O–H groups in total. The van der Waals surface area contributed by atoms with E-state index in [4.69, 9.17) is 4.74 Å². The van der Waals surface area contributed by atoms with Gasteiger partial charge in [-0.2, -0.15) is 10.2 Å². The molecule has 0 bridgehead atoms. The fourth-order valence-electron chi connectivity index (χ4n) is 3.59. The Hall–Kier alpha value is -3.15. The van der Waals surface area contributed by atoms with E-state index in [0.717, 1.165) is 64.6 Å². The molecule has 6 nitrogen and oxygen atoms in total. The minimum Gasteiger partial charge on any atom is -0.493 e. The molecule has 0 saturated heterocycles. The summed E-state index contributed by atoms with van der Waals surface area (Å²) in [7, 11) is 0. The number of ether oxygens (including phenoxy) is 1. The predicted molar refractivity (Wildman–Crippen MR) is 105 cm³/mol. The SMILES string of the molecule is CC(C)Cc1nc(-c2ccc3[nH]nc(-c4ccc5c(c4)OCC5)c3c2)n[nH]1. The normalized spacial score (nSPS) is 13.3. The molecule has 0 fully saturated rings. The molecule has 27 heavy (non-hydrogen) atoms. The van der Waals surface area contributed by atoms with Gasteiger partial charge in [-0.25, -0.2) is 4.98 Å². The van der Waals surface area contributed by atoms with E-state index < -0.39 is 0 Å². The molecule has 0 spiro atoms. The van der Waals surface area contributed by atoms with Crippen LogP contribution in [0.5, 0.6) is 5.75 Å². The van der Waals surface area contributed by atoms with Crippen molar-refractivity contribution in [3.8, 4) is 28.4 Å². The Kier molecular flexibility index (Phi) is 3.70. The lowest BCUT2D eigenvalue weighted by Crippen LogP contribution is -1.95. The predicted octanol–water partition coefficient (Wildman–Crippen LogP) is 4.15. The molecule has 136 valence electrons. The third kappa shape index (κ3) is 2.87. The van der Waals surface area contributed by atoms with Gasteiger partial charge in [0.2, 0.25) is 0 Å². The van der Waals surface area contributed by atoms with Crippen LogP contribution < -0.4 is 4.74 Å². The number of hydrogen-bond donors (Lipinski definition) is 2. The van der Waals surface area contributed by atoms with Gasteiger partial charge in [0.1, 0.15) is 17.3 Å². The molecular weight excluding hydrogens is 338 g/mol. The summed E-state index contributed by atoms with van der Waals surface area (Å²) in [6.07, 6.45) is 1.87. The van der Waals surface area contributed by atoms with Crippen LogP contribution in [-0.2, 0) is 12.8 Å². The van der Waals surface area contributed by atoms with Crippen LogP contribution in [0.4, 0.5) is 0 Å². The van der Waals surface area contributed by atoms with E-state index >= 15 is 0 Å². The van der Waals surface area contributed by atoms with Crippen LogP contribution in [-0.4, -0.2) is 32.0 Å². The molecule has 4 aromatic rings. The van der Waals surface area contributed by atoms with Crippen LogP contribution in [0, 0.1) is 5.92 Å². The standard InChI is InChI=1S/C21H21N5O/c1-12(2)9-19-22-21(26-24-19)15-5-6-17-16(10-15)20(25-23-17)14-4-3-13-7-8-27-18(13)11-14/h3-6,10-12H,7-9H2,1-2H3,(H,23,25)(H,22,24,26). The second-order valence-electron chi connectivity index (χ2n) is 7.46. The molecule has 1 aliphatic heterocycles. The molecule has 1 aliphatic rings. The fourth-order valence-corrected chi connectivity index (χ4v) is 3.59. The fraction of sp³-hybridized carbons (Fsp3) is 0.286. The van der Waals surface area contributed by atoms with Crippen molar-refractivity contribution in [1.29, 1.82) is 0 Å². The highest BCUT2D eigenvalue weighted by Crippen LogP contribution is 2.34. The lowest BCUT2D eigenvalue weighted by atomic mass is 10.0. The van der Waals surface area contributed by atoms with Crippen molar-refractivity contribution in [1.82, 2.24) is 25.4 Å². The van der Waals surface area contributed by atoms with E-state index in [-0.39, 0.29) is 0 Å². The van der Waals surface area contributed by atoms with Gasteiger partial charge in [-0.1, -0.05) is 26.0 Å². The molecule has 0 aliphatic carbocycles. The first-order valence-electron chi connectivity index (χ1n) is 9.33. The number of benzene rings is 2. The molecule has 0 amide bonds. The number of aromatic amines is 2. The van der Waals surface area contributed by atoms with Crippen LogP contribution in [0.1, 0.15) is 25.2 Å². The maximum absolute atomic E-state index is 5.71. The van der Waals surface area contributed by atoms with E-state index in [1.165, 1.54) is 5.56 Å². The maximum Gasteiger partial charge on any atom is 0.181 e. The first-order valence-corrected chi connectivity index (χ1v) is 9.33. The number of nitrogens with zero attached hydrogens (tertiary/aromatic N) is 3. The maximum atomic E-state index is 5.71. The van der Waals surface area contributed by atoms with Crippen LogP contribution in [0.2, 0.25) is 0 Å². The van der Waals surface area contributed by atoms with Gasteiger partial charge in [0.05, 0.1) is 12.1 Å². The molecule has 0 atom stereocenters. The summed E-state index contributed by atoms with van der Waals surface area (Å²) in [6.45, 7) is 5.10. The minimum atomic E-state index is 0.538. The smallest absolute Gasteiger partial charge is 0.181 e. The molecular formula is C21H21N5O. The zero-order chi connectivity index (χ0) is 18.4. The second-order valence-corrected chi connectivity index (χ2v) is 7.46. The molecule has 0 radical (unpaired) electrons. The average molecular weight is 359 g/mol. The summed E-state index contributed by atoms with van der Waals surface area (Å²) in [5.74, 6) is 3.14. The lowest BCUT2D eigenvalue weighted by Gasteiger charge is -2.03. The van der Waals surface area contributed by atoms with Crippen LogP contribution >= 0.6 is 0 Å². The summed E-state index contributed by atoms with van der Waals surface area (Å²) in [6, 6.07) is 12.5. The molecule has 0 unspecified atom stereocenters. The number of fused-ring (bicyclic) bond motifs is 2. The first kappa shape index (κ1) is 16.1. The van der Waals surface area contributed by atoms with Crippen molar-refractivity contribution in [2.45, 2.75) is 26.7 Å². The highest BCUT2D eigenvalue weighted by atomic mass is 16.5. The minimum absolute atomic E-state index is 0.538. The highest BCUT2D eigenvalue weighted by molar-refractivity contribution is 5.95. The average Bonchev–Trinajstić information content (AvgIpc) is 3.39. The van der Waals surface area contributed by atoms with E-state index in [9.17, 15) is 0 Å². The third-order valence-corrected chi connectivity index (χ3v) is 4.92. The Balaban J connectivity index is 1.56. The van der Waals surface area contributed by atoms with Gasteiger partial charge in [0.15, 0.2) is 5.82 Å². The van der Waals surface area contributed by atoms with Crippen molar-refractivity contribution >= 4 is 10.9 Å². The number of rotatable bonds is 4. The Morgan fingerprint density at radius 2 is 1.93 bits per heavy atom. The summed E-state index contributed by atoms with van der Waals surface area (Å²) in [5.41, 5.74) is 5.21. The number of H-pyrrole nitrogens is 2. The molecule has 6 heteroatoms. The van der Waals surface area contributed by atoms with E-state index in [1.807, 2.05) is 12.1 Å². The highest BCUT2D eigenvalue weighted by Gasteiger charge is 2.16.